The summed E-state index contributed by atoms with van der Waals surface area (Å²) in [6.45, 7) is 26.7. The van der Waals surface area contributed by atoms with E-state index in [4.69, 9.17) is 14.7 Å². The quantitative estimate of drug-likeness (QED) is 0.212. The molecule has 0 aliphatic rings. The van der Waals surface area contributed by atoms with Crippen molar-refractivity contribution in [1.82, 2.24) is 0 Å². The number of methoxy groups -OCH3 is 1. The summed E-state index contributed by atoms with van der Waals surface area (Å²) in [4.78, 5) is 4.68. The monoisotopic (exact) mass is 587 g/mol. The molecule has 0 N–H and O–H groups in total. The number of benzene rings is 2. The molecule has 0 amide bonds. The van der Waals surface area contributed by atoms with Crippen LogP contribution in [0.4, 0.5) is 11.4 Å². The summed E-state index contributed by atoms with van der Waals surface area (Å²) >= 11 is 0. The second-order valence-electron chi connectivity index (χ2n) is 11.9. The van der Waals surface area contributed by atoms with Crippen molar-refractivity contribution in [3.8, 4) is 5.75 Å². The van der Waals surface area contributed by atoms with E-state index in [1.165, 1.54) is 11.1 Å². The maximum atomic E-state index is 5.38. The van der Waals surface area contributed by atoms with Gasteiger partial charge < -0.3 is 14.7 Å². The first-order valence-corrected chi connectivity index (χ1v) is 19.9. The van der Waals surface area contributed by atoms with Crippen molar-refractivity contribution in [3.05, 3.63) is 75.3 Å². The Morgan fingerprint density at radius 1 is 0.811 bits per heavy atom. The van der Waals surface area contributed by atoms with Gasteiger partial charge in [0, 0.05) is 5.71 Å². The Hall–Kier alpha value is -1.53. The molecule has 0 aromatic heterocycles. The predicted molar refractivity (Wildman–Crippen MR) is 167 cm³/mol. The minimum Gasteiger partial charge on any atom is -0.668 e. The summed E-state index contributed by atoms with van der Waals surface area (Å²) in [5.41, 5.74) is 6.34. The largest absolute Gasteiger partial charge is 2.00 e. The van der Waals surface area contributed by atoms with Crippen LogP contribution in [0.3, 0.4) is 0 Å². The number of para-hydroxylation sites is 3. The molecule has 0 bridgehead atoms. The average Bonchev–Trinajstić information content (AvgIpc) is 2.71. The molecule has 0 aliphatic carbocycles. The van der Waals surface area contributed by atoms with Gasteiger partial charge in [0.25, 0.3) is 0 Å². The molecule has 0 saturated carbocycles. The average molecular weight is 589 g/mol. The number of hydrogen-bond acceptors (Lipinski definition) is 2. The molecule has 0 radical (unpaired) electrons. The second-order valence-corrected chi connectivity index (χ2v) is 21.4. The molecule has 37 heavy (non-hydrogen) atoms. The fraction of sp³-hybridized carbons (Fsp3) is 0.500. The van der Waals surface area contributed by atoms with Gasteiger partial charge in [0.05, 0.1) is 7.11 Å². The van der Waals surface area contributed by atoms with E-state index < -0.39 is 16.5 Å². The Bertz CT molecular complexity index is 998. The number of nitrogens with zero attached hydrogens (tertiary/aromatic N) is 3. The summed E-state index contributed by atoms with van der Waals surface area (Å²) in [6, 6.07) is 14.3. The molecule has 0 saturated heterocycles. The third kappa shape index (κ3) is 13.7. The van der Waals surface area contributed by atoms with E-state index in [2.05, 4.69) is 90.2 Å². The van der Waals surface area contributed by atoms with Gasteiger partial charge in [-0.1, -0.05) is 138 Å². The van der Waals surface area contributed by atoms with Gasteiger partial charge in [-0.3, -0.25) is 0 Å². The van der Waals surface area contributed by atoms with Crippen LogP contribution in [0.1, 0.15) is 64.5 Å². The van der Waals surface area contributed by atoms with Crippen molar-refractivity contribution in [2.24, 2.45) is 4.99 Å². The van der Waals surface area contributed by atoms with Crippen molar-refractivity contribution >= 4 is 33.6 Å². The van der Waals surface area contributed by atoms with Crippen LogP contribution in [0.5, 0.6) is 5.75 Å². The molecule has 0 atom stereocenters. The minimum absolute atomic E-state index is 0. The SMILES string of the molecule is COc1ccccc1N=C(C)/C=C(/C)[N-]c1c(C(C)C)cccc1C(C)C.C[Si](C)(C)[N-][Si](C)(C)C.[Zn+2]. The van der Waals surface area contributed by atoms with Crippen LogP contribution in [0.2, 0.25) is 39.3 Å². The summed E-state index contributed by atoms with van der Waals surface area (Å²) in [7, 11) is -0.549. The molecule has 0 aliphatic heterocycles. The van der Waals surface area contributed by atoms with E-state index in [0.29, 0.717) is 11.8 Å². The van der Waals surface area contributed by atoms with Crippen molar-refractivity contribution < 1.29 is 24.2 Å². The first-order chi connectivity index (χ1) is 16.5. The first-order valence-electron chi connectivity index (χ1n) is 13.0. The number of aliphatic imine (C=N–C) groups is 1. The maximum Gasteiger partial charge on any atom is 2.00 e. The van der Waals surface area contributed by atoms with Gasteiger partial charge in [-0.25, -0.2) is 4.99 Å². The van der Waals surface area contributed by atoms with E-state index in [1.54, 1.807) is 7.11 Å². The van der Waals surface area contributed by atoms with Gasteiger partial charge in [0.1, 0.15) is 11.4 Å². The maximum absolute atomic E-state index is 5.38. The number of rotatable bonds is 9. The van der Waals surface area contributed by atoms with Crippen LogP contribution < -0.4 is 4.74 Å². The number of ether oxygens (including phenoxy) is 1. The zero-order chi connectivity index (χ0) is 27.7. The fourth-order valence-electron chi connectivity index (χ4n) is 4.10. The zero-order valence-corrected chi connectivity index (χ0v) is 30.7. The molecule has 200 valence electrons. The minimum atomic E-state index is -1.11. The van der Waals surface area contributed by atoms with Gasteiger partial charge in [0.2, 0.25) is 0 Å². The smallest absolute Gasteiger partial charge is 0.668 e. The standard InChI is InChI=1S/C24H31N2O.C6H18NSi2.Zn/c1-16(2)20-11-10-12-21(17(3)4)24(20)26-19(6)15-18(5)25-22-13-8-9-14-23(22)27-7;1-8(2,3)7-9(4,5)6;/h8-17H,1-7H3;1-6H3;/q2*-1;+2/b19-15-,25-18?;;. The van der Waals surface area contributed by atoms with Crippen molar-refractivity contribution in [3.63, 3.8) is 0 Å². The third-order valence-corrected chi connectivity index (χ3v) is 10.5. The number of hydrogen-bond donors (Lipinski definition) is 0. The Kier molecular flexibility index (Phi) is 15.1. The fourth-order valence-corrected chi connectivity index (χ4v) is 12.2. The van der Waals surface area contributed by atoms with Gasteiger partial charge in [-0.2, -0.15) is 5.70 Å². The molecule has 0 fully saturated rings. The van der Waals surface area contributed by atoms with E-state index >= 15 is 0 Å². The Morgan fingerprint density at radius 2 is 1.30 bits per heavy atom. The van der Waals surface area contributed by atoms with Gasteiger partial charge in [0.15, 0.2) is 0 Å². The van der Waals surface area contributed by atoms with Crippen LogP contribution in [0.15, 0.2) is 59.2 Å². The van der Waals surface area contributed by atoms with Gasteiger partial charge >= 0.3 is 19.5 Å². The van der Waals surface area contributed by atoms with Crippen molar-refractivity contribution in [1.29, 1.82) is 0 Å². The van der Waals surface area contributed by atoms with Crippen LogP contribution in [0, 0.1) is 0 Å². The zero-order valence-electron chi connectivity index (χ0n) is 25.7. The van der Waals surface area contributed by atoms with E-state index in [9.17, 15) is 0 Å². The number of allylic oxidation sites excluding steroid dienone is 2. The predicted octanol–water partition coefficient (Wildman–Crippen LogP) is 10.7. The summed E-state index contributed by atoms with van der Waals surface area (Å²) in [6.07, 6.45) is 2.02. The van der Waals surface area contributed by atoms with Crippen LogP contribution >= 0.6 is 0 Å². The van der Waals surface area contributed by atoms with Crippen molar-refractivity contribution in [2.75, 3.05) is 7.11 Å². The van der Waals surface area contributed by atoms with Crippen LogP contribution in [-0.2, 0) is 19.5 Å². The van der Waals surface area contributed by atoms with Gasteiger partial charge in [-0.15, -0.1) is 5.69 Å². The molecule has 7 heteroatoms. The molecule has 0 spiro atoms. The van der Waals surface area contributed by atoms with E-state index in [-0.39, 0.29) is 19.5 Å². The van der Waals surface area contributed by atoms with Crippen LogP contribution in [-0.4, -0.2) is 29.3 Å². The molecule has 0 unspecified atom stereocenters. The Labute approximate surface area is 242 Å². The molecule has 0 heterocycles. The molecule has 2 aromatic carbocycles. The molecular weight excluding hydrogens is 540 g/mol. The molecule has 2 rings (SSSR count). The second kappa shape index (κ2) is 15.8. The topological polar surface area (TPSA) is 49.8 Å². The molecule has 2 aromatic rings. The van der Waals surface area contributed by atoms with Crippen LogP contribution in [0.25, 0.3) is 9.96 Å². The Balaban J connectivity index is 0.00000111. The Morgan fingerprint density at radius 3 is 1.70 bits per heavy atom. The third-order valence-electron chi connectivity index (χ3n) is 5.10. The summed E-state index contributed by atoms with van der Waals surface area (Å²) in [5, 5.41) is 4.97. The van der Waals surface area contributed by atoms with E-state index in [1.807, 2.05) is 44.2 Å². The first kappa shape index (κ1) is 35.5. The van der Waals surface area contributed by atoms with Gasteiger partial charge in [-0.05, 0) is 30.9 Å². The normalized spacial score (nSPS) is 12.6. The van der Waals surface area contributed by atoms with Crippen molar-refractivity contribution in [2.45, 2.75) is 92.7 Å². The van der Waals surface area contributed by atoms with E-state index in [0.717, 1.165) is 28.5 Å². The summed E-state index contributed by atoms with van der Waals surface area (Å²) < 4.78 is 10.2. The molecular formula is C30H49N3OSi2Zn. The summed E-state index contributed by atoms with van der Waals surface area (Å²) in [5.74, 6) is 1.63. The molecule has 4 nitrogen and oxygen atoms in total.